The Morgan fingerprint density at radius 1 is 1.23 bits per heavy atom. The molecule has 1 amide bonds. The van der Waals surface area contributed by atoms with Crippen LogP contribution in [0.25, 0.3) is 10.9 Å². The van der Waals surface area contributed by atoms with E-state index in [0.29, 0.717) is 18.1 Å². The summed E-state index contributed by atoms with van der Waals surface area (Å²) in [5, 5.41) is 0.999. The normalized spacial score (nSPS) is 15.8. The van der Waals surface area contributed by atoms with Crippen LogP contribution in [0.5, 0.6) is 0 Å². The van der Waals surface area contributed by atoms with Crippen LogP contribution in [0.3, 0.4) is 0 Å². The van der Waals surface area contributed by atoms with Crippen molar-refractivity contribution >= 4 is 39.1 Å². The minimum absolute atomic E-state index is 0.0806. The molecule has 1 unspecified atom stereocenters. The first kappa shape index (κ1) is 16.7. The van der Waals surface area contributed by atoms with Gasteiger partial charge in [0, 0.05) is 18.1 Å². The van der Waals surface area contributed by atoms with Crippen LogP contribution in [0, 0.1) is 0 Å². The van der Waals surface area contributed by atoms with Gasteiger partial charge in [-0.25, -0.2) is 4.98 Å². The van der Waals surface area contributed by atoms with E-state index in [2.05, 4.69) is 4.98 Å². The maximum atomic E-state index is 12.4. The number of pyridine rings is 1. The smallest absolute Gasteiger partial charge is 0.224 e. The van der Waals surface area contributed by atoms with Crippen molar-refractivity contribution in [2.24, 2.45) is 0 Å². The maximum absolute atomic E-state index is 12.4. The van der Waals surface area contributed by atoms with Crippen LogP contribution >= 0.6 is 0 Å². The standard InChI is InChI=1S/C20H19N3O2S/c1-13(24)23(18-4-2-3-16-9-10-26(25)20(16)18)12-14-5-6-15-7-8-19(21)22-17(15)11-14/h2-8,11H,9-10,12H2,1H3,(H2,21,22). The summed E-state index contributed by atoms with van der Waals surface area (Å²) in [6.45, 7) is 1.93. The van der Waals surface area contributed by atoms with Crippen molar-refractivity contribution in [3.8, 4) is 0 Å². The summed E-state index contributed by atoms with van der Waals surface area (Å²) in [6.07, 6.45) is 0.792. The zero-order valence-corrected chi connectivity index (χ0v) is 15.3. The number of nitrogens with zero attached hydrogens (tertiary/aromatic N) is 2. The van der Waals surface area contributed by atoms with Crippen molar-refractivity contribution < 1.29 is 9.00 Å². The van der Waals surface area contributed by atoms with Crippen LogP contribution in [0.15, 0.2) is 53.4 Å². The van der Waals surface area contributed by atoms with Gasteiger partial charge in [0.05, 0.1) is 33.4 Å². The van der Waals surface area contributed by atoms with Gasteiger partial charge in [0.2, 0.25) is 5.91 Å². The Labute approximate surface area is 154 Å². The molecule has 5 nitrogen and oxygen atoms in total. The van der Waals surface area contributed by atoms with Gasteiger partial charge in [0.15, 0.2) is 0 Å². The molecule has 3 aromatic rings. The van der Waals surface area contributed by atoms with Gasteiger partial charge in [0.1, 0.15) is 5.82 Å². The predicted molar refractivity (Wildman–Crippen MR) is 104 cm³/mol. The Morgan fingerprint density at radius 2 is 2.04 bits per heavy atom. The molecule has 1 atom stereocenters. The van der Waals surface area contributed by atoms with Crippen molar-refractivity contribution in [1.29, 1.82) is 0 Å². The molecule has 0 aliphatic carbocycles. The molecule has 2 aromatic carbocycles. The molecule has 1 aromatic heterocycles. The van der Waals surface area contributed by atoms with E-state index in [1.807, 2.05) is 42.5 Å². The van der Waals surface area contributed by atoms with Gasteiger partial charge in [-0.05, 0) is 41.8 Å². The Bertz CT molecular complexity index is 1050. The fraction of sp³-hybridized carbons (Fsp3) is 0.200. The monoisotopic (exact) mass is 365 g/mol. The summed E-state index contributed by atoms with van der Waals surface area (Å²) in [4.78, 5) is 19.2. The number of nitrogens with two attached hydrogens (primary N) is 1. The molecule has 132 valence electrons. The van der Waals surface area contributed by atoms with E-state index in [9.17, 15) is 9.00 Å². The first-order chi connectivity index (χ1) is 12.5. The third kappa shape index (κ3) is 2.97. The highest BCUT2D eigenvalue weighted by Gasteiger charge is 2.26. The lowest BCUT2D eigenvalue weighted by Crippen LogP contribution is -2.28. The topological polar surface area (TPSA) is 76.3 Å². The molecular weight excluding hydrogens is 346 g/mol. The maximum Gasteiger partial charge on any atom is 0.224 e. The number of nitrogen functional groups attached to an aromatic ring is 1. The highest BCUT2D eigenvalue weighted by Crippen LogP contribution is 2.33. The summed E-state index contributed by atoms with van der Waals surface area (Å²) >= 11 is 0. The minimum atomic E-state index is -1.05. The minimum Gasteiger partial charge on any atom is -0.384 e. The summed E-state index contributed by atoms with van der Waals surface area (Å²) < 4.78 is 12.4. The van der Waals surface area contributed by atoms with Crippen LogP contribution in [0.2, 0.25) is 0 Å². The number of rotatable bonds is 3. The average molecular weight is 365 g/mol. The Morgan fingerprint density at radius 3 is 2.85 bits per heavy atom. The number of hydrogen-bond acceptors (Lipinski definition) is 4. The largest absolute Gasteiger partial charge is 0.384 e. The van der Waals surface area contributed by atoms with Crippen LogP contribution in [0.1, 0.15) is 18.1 Å². The molecule has 0 fully saturated rings. The van der Waals surface area contributed by atoms with Crippen molar-refractivity contribution in [2.45, 2.75) is 24.8 Å². The van der Waals surface area contributed by atoms with Gasteiger partial charge in [-0.3, -0.25) is 9.00 Å². The highest BCUT2D eigenvalue weighted by atomic mass is 32.2. The van der Waals surface area contributed by atoms with Crippen molar-refractivity contribution in [2.75, 3.05) is 16.4 Å². The van der Waals surface area contributed by atoms with E-state index in [1.165, 1.54) is 6.92 Å². The van der Waals surface area contributed by atoms with Gasteiger partial charge in [0.25, 0.3) is 0 Å². The second kappa shape index (κ2) is 6.53. The molecule has 4 rings (SSSR count). The summed E-state index contributed by atoms with van der Waals surface area (Å²) in [5.41, 5.74) is 9.34. The molecule has 1 aliphatic heterocycles. The molecule has 0 bridgehead atoms. The summed E-state index contributed by atoms with van der Waals surface area (Å²) in [5.74, 6) is 1.01. The first-order valence-electron chi connectivity index (χ1n) is 8.46. The van der Waals surface area contributed by atoms with Crippen LogP contribution in [-0.2, 0) is 28.6 Å². The SMILES string of the molecule is CC(=O)N(Cc1ccc2ccc(N)nc2c1)c1cccc2c1S(=O)CC2. The van der Waals surface area contributed by atoms with Crippen molar-refractivity contribution in [3.05, 3.63) is 59.7 Å². The van der Waals surface area contributed by atoms with Gasteiger partial charge in [-0.1, -0.05) is 24.3 Å². The third-order valence-electron chi connectivity index (χ3n) is 4.65. The number of carbonyl (C=O) groups excluding carboxylic acids is 1. The van der Waals surface area contributed by atoms with E-state index in [0.717, 1.165) is 39.0 Å². The fourth-order valence-electron chi connectivity index (χ4n) is 3.37. The van der Waals surface area contributed by atoms with E-state index < -0.39 is 10.8 Å². The molecule has 0 radical (unpaired) electrons. The number of anilines is 2. The molecular formula is C20H19N3O2S. The first-order valence-corrected chi connectivity index (χ1v) is 9.78. The lowest BCUT2D eigenvalue weighted by molar-refractivity contribution is -0.116. The molecule has 6 heteroatoms. The van der Waals surface area contributed by atoms with E-state index in [-0.39, 0.29) is 5.91 Å². The second-order valence-electron chi connectivity index (χ2n) is 6.43. The number of hydrogen-bond donors (Lipinski definition) is 1. The predicted octanol–water partition coefficient (Wildman–Crippen LogP) is 3.03. The number of fused-ring (bicyclic) bond motifs is 2. The lowest BCUT2D eigenvalue weighted by Gasteiger charge is -2.23. The van der Waals surface area contributed by atoms with E-state index in [4.69, 9.17) is 5.73 Å². The molecule has 1 aliphatic rings. The molecule has 0 spiro atoms. The Balaban J connectivity index is 1.74. The quantitative estimate of drug-likeness (QED) is 0.774. The summed E-state index contributed by atoms with van der Waals surface area (Å²) in [7, 11) is -1.05. The van der Waals surface area contributed by atoms with Gasteiger partial charge >= 0.3 is 0 Å². The lowest BCUT2D eigenvalue weighted by atomic mass is 10.1. The molecule has 26 heavy (non-hydrogen) atoms. The molecule has 2 heterocycles. The molecule has 0 saturated heterocycles. The number of carbonyl (C=O) groups is 1. The fourth-order valence-corrected chi connectivity index (χ4v) is 4.86. The van der Waals surface area contributed by atoms with Gasteiger partial charge in [-0.2, -0.15) is 0 Å². The number of aryl methyl sites for hydroxylation is 1. The van der Waals surface area contributed by atoms with Crippen LogP contribution < -0.4 is 10.6 Å². The molecule has 2 N–H and O–H groups in total. The second-order valence-corrected chi connectivity index (χ2v) is 7.94. The van der Waals surface area contributed by atoms with Crippen molar-refractivity contribution in [3.63, 3.8) is 0 Å². The molecule has 0 saturated carbocycles. The number of amides is 1. The van der Waals surface area contributed by atoms with Crippen LogP contribution in [0.4, 0.5) is 11.5 Å². The van der Waals surface area contributed by atoms with Crippen molar-refractivity contribution in [1.82, 2.24) is 4.98 Å². The summed E-state index contributed by atoms with van der Waals surface area (Å²) in [6, 6.07) is 15.4. The van der Waals surface area contributed by atoms with Crippen LogP contribution in [-0.4, -0.2) is 20.9 Å². The zero-order chi connectivity index (χ0) is 18.3. The Hall–Kier alpha value is -2.73. The number of aromatic nitrogens is 1. The van der Waals surface area contributed by atoms with E-state index in [1.54, 1.807) is 11.0 Å². The highest BCUT2D eigenvalue weighted by molar-refractivity contribution is 7.85. The van der Waals surface area contributed by atoms with E-state index >= 15 is 0 Å². The zero-order valence-electron chi connectivity index (χ0n) is 14.4. The Kier molecular flexibility index (Phi) is 4.20. The van der Waals surface area contributed by atoms with Gasteiger partial charge < -0.3 is 10.6 Å². The average Bonchev–Trinajstić information content (AvgIpc) is 3.00. The number of benzene rings is 2. The third-order valence-corrected chi connectivity index (χ3v) is 6.15. The van der Waals surface area contributed by atoms with Gasteiger partial charge in [-0.15, -0.1) is 0 Å².